The molecule has 7 nitrogen and oxygen atoms in total. The Hall–Kier alpha value is -2.32. The number of rotatable bonds is 6. The van der Waals surface area contributed by atoms with Crippen LogP contribution in [0.15, 0.2) is 36.4 Å². The summed E-state index contributed by atoms with van der Waals surface area (Å²) in [5.74, 6) is 0.310. The zero-order valence-corrected chi connectivity index (χ0v) is 18.0. The van der Waals surface area contributed by atoms with E-state index >= 15 is 0 Å². The van der Waals surface area contributed by atoms with E-state index in [2.05, 4.69) is 15.3 Å². The van der Waals surface area contributed by atoms with Gasteiger partial charge in [-0.25, -0.2) is 0 Å². The largest absolute Gasteiger partial charge is 0.494 e. The van der Waals surface area contributed by atoms with E-state index in [-0.39, 0.29) is 5.91 Å². The van der Waals surface area contributed by atoms with Crippen LogP contribution in [0.1, 0.15) is 10.5 Å². The van der Waals surface area contributed by atoms with E-state index in [9.17, 15) is 4.79 Å². The third-order valence-electron chi connectivity index (χ3n) is 5.10. The molecule has 0 spiro atoms. The monoisotopic (exact) mass is 448 g/mol. The first kappa shape index (κ1) is 20.9. The van der Waals surface area contributed by atoms with Gasteiger partial charge in [0.1, 0.15) is 11.3 Å². The fourth-order valence-electron chi connectivity index (χ4n) is 3.54. The Bertz CT molecular complexity index is 1060. The number of benzene rings is 2. The average Bonchev–Trinajstić information content (AvgIpc) is 3.15. The molecule has 1 saturated heterocycles. The van der Waals surface area contributed by atoms with Gasteiger partial charge in [0.15, 0.2) is 5.69 Å². The summed E-state index contributed by atoms with van der Waals surface area (Å²) in [5, 5.41) is 8.82. The molecule has 1 aliphatic rings. The number of para-hydroxylation sites is 1. The minimum Gasteiger partial charge on any atom is -0.494 e. The molecular formula is C21H22Cl2N4O3. The second kappa shape index (κ2) is 9.22. The van der Waals surface area contributed by atoms with Crippen molar-refractivity contribution < 1.29 is 14.3 Å². The van der Waals surface area contributed by atoms with Crippen LogP contribution < -0.4 is 10.1 Å². The molecule has 158 valence electrons. The third-order valence-corrected chi connectivity index (χ3v) is 5.92. The highest BCUT2D eigenvalue weighted by atomic mass is 35.5. The molecule has 0 atom stereocenters. The van der Waals surface area contributed by atoms with E-state index in [1.807, 2.05) is 22.9 Å². The molecule has 2 aromatic carbocycles. The summed E-state index contributed by atoms with van der Waals surface area (Å²) < 4.78 is 12.8. The molecular weight excluding hydrogens is 427 g/mol. The lowest BCUT2D eigenvalue weighted by molar-refractivity contribution is 0.0361. The van der Waals surface area contributed by atoms with Gasteiger partial charge >= 0.3 is 0 Å². The predicted octanol–water partition coefficient (Wildman–Crippen LogP) is 3.94. The quantitative estimate of drug-likeness (QED) is 0.618. The highest BCUT2D eigenvalue weighted by molar-refractivity contribution is 6.44. The Labute approximate surface area is 184 Å². The second-order valence-corrected chi connectivity index (χ2v) is 7.72. The van der Waals surface area contributed by atoms with E-state index in [0.717, 1.165) is 38.4 Å². The van der Waals surface area contributed by atoms with Gasteiger partial charge in [-0.05, 0) is 18.2 Å². The number of amides is 1. The van der Waals surface area contributed by atoms with Gasteiger partial charge in [-0.3, -0.25) is 14.4 Å². The van der Waals surface area contributed by atoms with E-state index in [1.165, 1.54) is 0 Å². The lowest BCUT2D eigenvalue weighted by Gasteiger charge is -2.26. The standard InChI is InChI=1S/C21H22Cl2N4O3/c1-29-17-7-2-4-14-19(21(28)24-16-6-3-5-15(22)18(16)23)25-27(20(14)17)9-8-26-10-12-30-13-11-26/h2-7H,8-13H2,1H3,(H,24,28). The summed E-state index contributed by atoms with van der Waals surface area (Å²) in [6.45, 7) is 4.67. The number of carbonyl (C=O) groups excluding carboxylic acids is 1. The molecule has 1 amide bonds. The smallest absolute Gasteiger partial charge is 0.276 e. The van der Waals surface area contributed by atoms with E-state index in [4.69, 9.17) is 32.7 Å². The van der Waals surface area contributed by atoms with Crippen molar-refractivity contribution in [3.8, 4) is 5.75 Å². The number of hydrogen-bond acceptors (Lipinski definition) is 5. The summed E-state index contributed by atoms with van der Waals surface area (Å²) >= 11 is 12.3. The van der Waals surface area contributed by atoms with Crippen LogP contribution >= 0.6 is 23.2 Å². The summed E-state index contributed by atoms with van der Waals surface area (Å²) in [7, 11) is 1.61. The fourth-order valence-corrected chi connectivity index (χ4v) is 3.89. The predicted molar refractivity (Wildman–Crippen MR) is 118 cm³/mol. The molecule has 0 bridgehead atoms. The van der Waals surface area contributed by atoms with Gasteiger partial charge in [0.2, 0.25) is 0 Å². The molecule has 1 aromatic heterocycles. The van der Waals surface area contributed by atoms with Gasteiger partial charge in [0.05, 0.1) is 42.6 Å². The van der Waals surface area contributed by atoms with Crippen LogP contribution in [0.4, 0.5) is 5.69 Å². The molecule has 1 N–H and O–H groups in total. The molecule has 2 heterocycles. The number of nitrogens with one attached hydrogen (secondary N) is 1. The van der Waals surface area contributed by atoms with Gasteiger partial charge in [0.25, 0.3) is 5.91 Å². The molecule has 1 aliphatic heterocycles. The second-order valence-electron chi connectivity index (χ2n) is 6.94. The highest BCUT2D eigenvalue weighted by Gasteiger charge is 2.21. The minimum absolute atomic E-state index is 0.293. The third kappa shape index (κ3) is 4.25. The Balaban J connectivity index is 1.65. The molecule has 3 aromatic rings. The first-order valence-corrected chi connectivity index (χ1v) is 10.4. The molecule has 0 aliphatic carbocycles. The van der Waals surface area contributed by atoms with Crippen molar-refractivity contribution in [3.05, 3.63) is 52.1 Å². The minimum atomic E-state index is -0.359. The summed E-state index contributed by atoms with van der Waals surface area (Å²) in [6, 6.07) is 10.7. The average molecular weight is 449 g/mol. The highest BCUT2D eigenvalue weighted by Crippen LogP contribution is 2.32. The van der Waals surface area contributed by atoms with Crippen LogP contribution in [0, 0.1) is 0 Å². The van der Waals surface area contributed by atoms with Gasteiger partial charge in [-0.2, -0.15) is 5.10 Å². The van der Waals surface area contributed by atoms with Gasteiger partial charge in [0, 0.05) is 25.0 Å². The maximum atomic E-state index is 13.1. The van der Waals surface area contributed by atoms with Crippen LogP contribution in [0.25, 0.3) is 10.9 Å². The van der Waals surface area contributed by atoms with Crippen LogP contribution in [0.5, 0.6) is 5.75 Å². The maximum absolute atomic E-state index is 13.1. The molecule has 0 radical (unpaired) electrons. The van der Waals surface area contributed by atoms with Crippen molar-refractivity contribution in [1.29, 1.82) is 0 Å². The number of nitrogens with zero attached hydrogens (tertiary/aromatic N) is 3. The molecule has 4 rings (SSSR count). The number of anilines is 1. The van der Waals surface area contributed by atoms with Crippen molar-refractivity contribution in [2.45, 2.75) is 6.54 Å². The van der Waals surface area contributed by atoms with Crippen LogP contribution in [-0.2, 0) is 11.3 Å². The SMILES string of the molecule is COc1cccc2c(C(=O)Nc3cccc(Cl)c3Cl)nn(CCN3CCOCC3)c12. The first-order chi connectivity index (χ1) is 14.6. The van der Waals surface area contributed by atoms with Gasteiger partial charge in [-0.15, -0.1) is 0 Å². The van der Waals surface area contributed by atoms with Crippen LogP contribution in [-0.4, -0.2) is 60.5 Å². The lowest BCUT2D eigenvalue weighted by Crippen LogP contribution is -2.38. The number of methoxy groups -OCH3 is 1. The Kier molecular flexibility index (Phi) is 6.43. The number of fused-ring (bicyclic) bond motifs is 1. The van der Waals surface area contributed by atoms with E-state index < -0.39 is 0 Å². The zero-order chi connectivity index (χ0) is 21.1. The van der Waals surface area contributed by atoms with Crippen molar-refractivity contribution in [2.24, 2.45) is 0 Å². The molecule has 9 heteroatoms. The molecule has 0 unspecified atom stereocenters. The maximum Gasteiger partial charge on any atom is 0.276 e. The van der Waals surface area contributed by atoms with E-state index in [1.54, 1.807) is 25.3 Å². The lowest BCUT2D eigenvalue weighted by atomic mass is 10.2. The van der Waals surface area contributed by atoms with Crippen molar-refractivity contribution in [1.82, 2.24) is 14.7 Å². The fraction of sp³-hybridized carbons (Fsp3) is 0.333. The molecule has 0 saturated carbocycles. The number of halogens is 2. The summed E-state index contributed by atoms with van der Waals surface area (Å²) in [5.41, 5.74) is 1.53. The zero-order valence-electron chi connectivity index (χ0n) is 16.5. The van der Waals surface area contributed by atoms with Gasteiger partial charge in [-0.1, -0.05) is 41.4 Å². The van der Waals surface area contributed by atoms with Crippen molar-refractivity contribution >= 4 is 45.7 Å². The normalized spacial score (nSPS) is 14.8. The van der Waals surface area contributed by atoms with Crippen molar-refractivity contribution in [3.63, 3.8) is 0 Å². The van der Waals surface area contributed by atoms with Crippen LogP contribution in [0.3, 0.4) is 0 Å². The van der Waals surface area contributed by atoms with Crippen molar-refractivity contribution in [2.75, 3.05) is 45.3 Å². The summed E-state index contributed by atoms with van der Waals surface area (Å²) in [6.07, 6.45) is 0. The van der Waals surface area contributed by atoms with E-state index in [0.29, 0.717) is 39.1 Å². The molecule has 1 fully saturated rings. The Morgan fingerprint density at radius 1 is 1.17 bits per heavy atom. The number of ether oxygens (including phenoxy) is 2. The first-order valence-electron chi connectivity index (χ1n) is 9.67. The topological polar surface area (TPSA) is 68.6 Å². The number of morpholine rings is 1. The summed E-state index contributed by atoms with van der Waals surface area (Å²) in [4.78, 5) is 15.4. The Morgan fingerprint density at radius 3 is 2.70 bits per heavy atom. The molecule has 30 heavy (non-hydrogen) atoms. The van der Waals surface area contributed by atoms with Gasteiger partial charge < -0.3 is 14.8 Å². The Morgan fingerprint density at radius 2 is 1.93 bits per heavy atom. The van der Waals surface area contributed by atoms with Crippen LogP contribution in [0.2, 0.25) is 10.0 Å². The number of carbonyl (C=O) groups is 1. The number of hydrogen-bond donors (Lipinski definition) is 1. The number of aromatic nitrogens is 2.